The Hall–Kier alpha value is -4.25. The molecule has 2 aliphatic carbocycles. The number of ether oxygens (including phenoxy) is 3. The molecule has 0 aliphatic heterocycles. The summed E-state index contributed by atoms with van der Waals surface area (Å²) in [6.07, 6.45) is 7.26. The van der Waals surface area contributed by atoms with E-state index in [1.807, 2.05) is 18.4 Å². The summed E-state index contributed by atoms with van der Waals surface area (Å²) in [6, 6.07) is 13.3. The third kappa shape index (κ3) is 6.56. The lowest BCUT2D eigenvalue weighted by Crippen LogP contribution is -2.29. The number of benzene rings is 2. The normalized spacial score (nSPS) is 15.9. The van der Waals surface area contributed by atoms with E-state index >= 15 is 0 Å². The Balaban J connectivity index is 1.59. The second-order valence-electron chi connectivity index (χ2n) is 10.5. The van der Waals surface area contributed by atoms with Crippen molar-refractivity contribution in [3.05, 3.63) is 91.1 Å². The average Bonchev–Trinajstić information content (AvgIpc) is 3.41. The van der Waals surface area contributed by atoms with E-state index in [0.717, 1.165) is 42.4 Å². The smallest absolute Gasteiger partial charge is 0.294 e. The Morgan fingerprint density at radius 2 is 1.81 bits per heavy atom. The summed E-state index contributed by atoms with van der Waals surface area (Å²) < 4.78 is 18.2. The van der Waals surface area contributed by atoms with Gasteiger partial charge in [0.15, 0.2) is 16.9 Å². The number of nitrogens with zero attached hydrogens (tertiary/aromatic N) is 1. The van der Waals surface area contributed by atoms with Crippen molar-refractivity contribution in [2.75, 3.05) is 20.5 Å². The molecule has 2 aliphatic rings. The highest BCUT2D eigenvalue weighted by Crippen LogP contribution is 2.51. The van der Waals surface area contributed by atoms with Gasteiger partial charge in [0.05, 0.1) is 31.3 Å². The average molecular weight is 607 g/mol. The summed E-state index contributed by atoms with van der Waals surface area (Å²) >= 11 is 1.36. The molecule has 0 heterocycles. The van der Waals surface area contributed by atoms with Gasteiger partial charge in [-0.2, -0.15) is 0 Å². The second kappa shape index (κ2) is 13.4. The molecule has 1 atom stereocenters. The summed E-state index contributed by atoms with van der Waals surface area (Å²) in [5, 5.41) is 12.9. The first kappa shape index (κ1) is 30.2. The first-order valence-electron chi connectivity index (χ1n) is 14.2. The molecule has 0 radical (unpaired) electrons. The van der Waals surface area contributed by atoms with Gasteiger partial charge in [0.2, 0.25) is 5.75 Å². The minimum absolute atomic E-state index is 0.109. The van der Waals surface area contributed by atoms with Crippen molar-refractivity contribution in [2.24, 2.45) is 0 Å². The molecule has 0 unspecified atom stereocenters. The van der Waals surface area contributed by atoms with Gasteiger partial charge in [0.25, 0.3) is 11.0 Å². The van der Waals surface area contributed by atoms with Crippen molar-refractivity contribution in [1.82, 2.24) is 5.32 Å². The molecule has 1 amide bonds. The van der Waals surface area contributed by atoms with E-state index in [2.05, 4.69) is 10.2 Å². The number of aryl methyl sites for hydroxylation is 1. The highest BCUT2D eigenvalue weighted by molar-refractivity contribution is 7.98. The minimum Gasteiger partial charge on any atom is -0.492 e. The predicted molar refractivity (Wildman–Crippen MR) is 163 cm³/mol. The van der Waals surface area contributed by atoms with E-state index in [4.69, 9.17) is 14.2 Å². The van der Waals surface area contributed by atoms with E-state index in [0.29, 0.717) is 51.7 Å². The Kier molecular flexibility index (Phi) is 9.40. The summed E-state index contributed by atoms with van der Waals surface area (Å²) in [7, 11) is 3.18. The number of carbonyl (C=O) groups excluding carboxylic acids is 1. The Labute approximate surface area is 253 Å². The van der Waals surface area contributed by atoms with Gasteiger partial charge in [-0.05, 0) is 97.4 Å². The van der Waals surface area contributed by atoms with E-state index in [-0.39, 0.29) is 24.0 Å². The third-order valence-corrected chi connectivity index (χ3v) is 8.70. The van der Waals surface area contributed by atoms with E-state index < -0.39 is 11.1 Å². The van der Waals surface area contributed by atoms with Crippen LogP contribution in [0, 0.1) is 10.1 Å². The molecule has 43 heavy (non-hydrogen) atoms. The fraction of sp³-hybridized carbons (Fsp3) is 0.375. The molecule has 3 aromatic carbocycles. The molecule has 11 heteroatoms. The second-order valence-corrected chi connectivity index (χ2v) is 11.4. The van der Waals surface area contributed by atoms with E-state index in [1.165, 1.54) is 11.8 Å². The van der Waals surface area contributed by atoms with Crippen LogP contribution in [0.2, 0.25) is 0 Å². The van der Waals surface area contributed by atoms with Crippen molar-refractivity contribution >= 4 is 17.7 Å². The first-order chi connectivity index (χ1) is 20.8. The van der Waals surface area contributed by atoms with Crippen molar-refractivity contribution in [1.29, 1.82) is 0 Å². The number of hydrogen-bond donors (Lipinski definition) is 1. The standard InChI is InChI=1S/C32H34N2O8S/c1-39-30-27(42-22-9-4-5-10-22)16-20-11-13-25(33-32(36)21-8-6-7-19(15-21)18-41-34(37)38)24-17-26(35)28(43-3)14-12-23(24)29(20)31(30)40-2/h6-8,12,14-17,22,25H,4-5,9-11,13,18H2,1-3H3,(H,33,36)/t25-/m0/s1. The number of amides is 1. The van der Waals surface area contributed by atoms with Gasteiger partial charge in [-0.3, -0.25) is 9.59 Å². The van der Waals surface area contributed by atoms with Crippen LogP contribution in [0.4, 0.5) is 0 Å². The van der Waals surface area contributed by atoms with Gasteiger partial charge in [0, 0.05) is 11.1 Å². The molecule has 10 nitrogen and oxygen atoms in total. The highest BCUT2D eigenvalue weighted by atomic mass is 32.2. The molecule has 1 saturated carbocycles. The van der Waals surface area contributed by atoms with Crippen LogP contribution in [0.25, 0.3) is 11.1 Å². The Bertz CT molecular complexity index is 1590. The number of rotatable bonds is 10. The van der Waals surface area contributed by atoms with Gasteiger partial charge in [-0.25, -0.2) is 0 Å². The van der Waals surface area contributed by atoms with E-state index in [1.54, 1.807) is 50.6 Å². The van der Waals surface area contributed by atoms with Crippen LogP contribution in [0.3, 0.4) is 0 Å². The Morgan fingerprint density at radius 3 is 2.51 bits per heavy atom. The highest BCUT2D eigenvalue weighted by Gasteiger charge is 2.31. The number of nitrogens with one attached hydrogen (secondary N) is 1. The number of fused-ring (bicyclic) bond motifs is 3. The number of methoxy groups -OCH3 is 2. The van der Waals surface area contributed by atoms with Crippen LogP contribution in [0.15, 0.2) is 58.2 Å². The van der Waals surface area contributed by atoms with Gasteiger partial charge in [-0.15, -0.1) is 21.9 Å². The first-order valence-corrected chi connectivity index (χ1v) is 15.4. The number of thioether (sulfide) groups is 1. The minimum atomic E-state index is -0.871. The molecular formula is C32H34N2O8S. The van der Waals surface area contributed by atoms with Crippen LogP contribution in [0.1, 0.15) is 65.2 Å². The zero-order valence-electron chi connectivity index (χ0n) is 24.3. The SMILES string of the molecule is COc1c(OC2CCCC2)cc2c(c1OC)-c1ccc(SC)c(=O)cc1[C@@H](NC(=O)c1cccc(CO[N+](=O)[O-])c1)CC2. The molecule has 3 aromatic rings. The van der Waals surface area contributed by atoms with Crippen LogP contribution in [-0.4, -0.2) is 37.6 Å². The molecule has 0 saturated heterocycles. The molecule has 226 valence electrons. The topological polar surface area (TPSA) is 126 Å². The predicted octanol–water partition coefficient (Wildman–Crippen LogP) is 5.90. The van der Waals surface area contributed by atoms with Gasteiger partial charge in [0.1, 0.15) is 6.61 Å². The molecule has 0 spiro atoms. The van der Waals surface area contributed by atoms with Gasteiger partial charge < -0.3 is 24.4 Å². The maximum Gasteiger partial charge on any atom is 0.294 e. The molecule has 0 aromatic heterocycles. The zero-order chi connectivity index (χ0) is 30.5. The number of carbonyl (C=O) groups is 1. The van der Waals surface area contributed by atoms with Gasteiger partial charge >= 0.3 is 0 Å². The monoisotopic (exact) mass is 606 g/mol. The fourth-order valence-electron chi connectivity index (χ4n) is 5.91. The summed E-state index contributed by atoms with van der Waals surface area (Å²) in [5.41, 5.74) is 3.84. The lowest BCUT2D eigenvalue weighted by molar-refractivity contribution is -0.763. The maximum atomic E-state index is 13.5. The van der Waals surface area contributed by atoms with Crippen LogP contribution in [-0.2, 0) is 17.9 Å². The molecule has 1 fully saturated rings. The molecule has 5 rings (SSSR count). The zero-order valence-corrected chi connectivity index (χ0v) is 25.2. The summed E-state index contributed by atoms with van der Waals surface area (Å²) in [6.45, 7) is -0.268. The molecule has 0 bridgehead atoms. The van der Waals surface area contributed by atoms with Crippen LogP contribution >= 0.6 is 11.8 Å². The quantitative estimate of drug-likeness (QED) is 0.171. The van der Waals surface area contributed by atoms with Crippen LogP contribution in [0.5, 0.6) is 17.2 Å². The number of hydrogen-bond acceptors (Lipinski definition) is 9. The third-order valence-electron chi connectivity index (χ3n) is 7.93. The van der Waals surface area contributed by atoms with Crippen molar-refractivity contribution in [3.8, 4) is 28.4 Å². The molecular weight excluding hydrogens is 572 g/mol. The fourth-order valence-corrected chi connectivity index (χ4v) is 6.37. The largest absolute Gasteiger partial charge is 0.492 e. The van der Waals surface area contributed by atoms with Gasteiger partial charge in [-0.1, -0.05) is 18.2 Å². The van der Waals surface area contributed by atoms with Crippen molar-refractivity contribution in [2.45, 2.75) is 62.2 Å². The van der Waals surface area contributed by atoms with E-state index in [9.17, 15) is 19.7 Å². The Morgan fingerprint density at radius 1 is 1.05 bits per heavy atom. The maximum absolute atomic E-state index is 13.5. The lowest BCUT2D eigenvalue weighted by Gasteiger charge is -2.22. The lowest BCUT2D eigenvalue weighted by atomic mass is 9.95. The van der Waals surface area contributed by atoms with Crippen molar-refractivity contribution in [3.63, 3.8) is 0 Å². The van der Waals surface area contributed by atoms with Crippen molar-refractivity contribution < 1.29 is 28.9 Å². The summed E-state index contributed by atoms with van der Waals surface area (Å²) in [5.74, 6) is 1.26. The van der Waals surface area contributed by atoms with Crippen LogP contribution < -0.4 is 25.0 Å². The molecule has 1 N–H and O–H groups in total. The summed E-state index contributed by atoms with van der Waals surface area (Å²) in [4.78, 5) is 42.5.